The highest BCUT2D eigenvalue weighted by Crippen LogP contribution is 2.28. The van der Waals surface area contributed by atoms with Crippen molar-refractivity contribution in [2.24, 2.45) is 5.92 Å². The first-order valence-corrected chi connectivity index (χ1v) is 11.7. The van der Waals surface area contributed by atoms with Gasteiger partial charge in [-0.05, 0) is 54.8 Å². The summed E-state index contributed by atoms with van der Waals surface area (Å²) in [4.78, 5) is 30.5. The van der Waals surface area contributed by atoms with E-state index in [9.17, 15) is 9.59 Å². The molecule has 2 aliphatic rings. The summed E-state index contributed by atoms with van der Waals surface area (Å²) < 4.78 is 3.25. The third kappa shape index (κ3) is 3.33. The molecule has 2 amide bonds. The number of aryl methyl sites for hydroxylation is 1. The van der Waals surface area contributed by atoms with Crippen molar-refractivity contribution in [1.82, 2.24) is 14.4 Å². The predicted molar refractivity (Wildman–Crippen MR) is 120 cm³/mol. The number of nitrogens with zero attached hydrogens (tertiary/aromatic N) is 3. The van der Waals surface area contributed by atoms with E-state index < -0.39 is 0 Å². The zero-order chi connectivity index (χ0) is 20.7. The maximum Gasteiger partial charge on any atom is 0.270 e. The van der Waals surface area contributed by atoms with Gasteiger partial charge in [0.05, 0.1) is 16.1 Å². The van der Waals surface area contributed by atoms with Gasteiger partial charge in [-0.3, -0.25) is 9.59 Å². The number of carbonyl (C=O) groups is 2. The van der Waals surface area contributed by atoms with Crippen LogP contribution in [-0.4, -0.2) is 45.8 Å². The first-order valence-electron chi connectivity index (χ1n) is 10.9. The normalized spacial score (nSPS) is 19.2. The highest BCUT2D eigenvalue weighted by Gasteiger charge is 2.33. The number of thiophene rings is 1. The van der Waals surface area contributed by atoms with Crippen molar-refractivity contribution in [2.45, 2.75) is 39.3 Å². The number of carbonyl (C=O) groups excluding carboxylic acids is 2. The second-order valence-electron chi connectivity index (χ2n) is 8.31. The predicted octanol–water partition coefficient (Wildman–Crippen LogP) is 4.16. The summed E-state index contributed by atoms with van der Waals surface area (Å²) in [5, 5.41) is 2.07. The Morgan fingerprint density at radius 2 is 1.93 bits per heavy atom. The van der Waals surface area contributed by atoms with Gasteiger partial charge >= 0.3 is 0 Å². The van der Waals surface area contributed by atoms with Crippen molar-refractivity contribution >= 4 is 33.4 Å². The Hall–Kier alpha value is -2.60. The number of hydrogen-bond acceptors (Lipinski definition) is 3. The Labute approximate surface area is 180 Å². The smallest absolute Gasteiger partial charge is 0.270 e. The number of likely N-dealkylation sites (tertiary alicyclic amines) is 1. The molecule has 30 heavy (non-hydrogen) atoms. The second kappa shape index (κ2) is 7.91. The summed E-state index contributed by atoms with van der Waals surface area (Å²) >= 11 is 1.67. The number of aromatic nitrogens is 1. The molecule has 1 fully saturated rings. The van der Waals surface area contributed by atoms with Crippen LogP contribution in [0.25, 0.3) is 10.2 Å². The molecule has 2 aromatic heterocycles. The molecule has 3 aromatic rings. The first-order chi connectivity index (χ1) is 14.7. The SMILES string of the molecule is CCn1c(C(=O)N2CCCC(C(=O)N3CCc4ccccc4C3)C2)cc2sccc21. The van der Waals surface area contributed by atoms with E-state index in [2.05, 4.69) is 41.1 Å². The average molecular weight is 422 g/mol. The molecule has 0 saturated carbocycles. The van der Waals surface area contributed by atoms with Crippen molar-refractivity contribution in [3.05, 3.63) is 58.6 Å². The number of amides is 2. The Morgan fingerprint density at radius 3 is 2.77 bits per heavy atom. The van der Waals surface area contributed by atoms with E-state index >= 15 is 0 Å². The zero-order valence-corrected chi connectivity index (χ0v) is 18.2. The molecule has 5 rings (SSSR count). The van der Waals surface area contributed by atoms with Crippen LogP contribution in [0, 0.1) is 5.92 Å². The van der Waals surface area contributed by atoms with Crippen LogP contribution in [0.15, 0.2) is 41.8 Å². The van der Waals surface area contributed by atoms with Gasteiger partial charge < -0.3 is 14.4 Å². The van der Waals surface area contributed by atoms with Crippen LogP contribution in [-0.2, 0) is 24.3 Å². The lowest BCUT2D eigenvalue weighted by atomic mass is 9.93. The molecule has 4 heterocycles. The maximum atomic E-state index is 13.3. The number of hydrogen-bond donors (Lipinski definition) is 0. The van der Waals surface area contributed by atoms with Gasteiger partial charge in [0, 0.05) is 32.7 Å². The van der Waals surface area contributed by atoms with Crippen LogP contribution in [0.4, 0.5) is 0 Å². The summed E-state index contributed by atoms with van der Waals surface area (Å²) in [5.74, 6) is 0.162. The summed E-state index contributed by atoms with van der Waals surface area (Å²) in [6, 6.07) is 12.5. The molecular formula is C24H27N3O2S. The van der Waals surface area contributed by atoms with E-state index in [1.54, 1.807) is 11.3 Å². The molecule has 6 heteroatoms. The van der Waals surface area contributed by atoms with Crippen LogP contribution in [0.2, 0.25) is 0 Å². The molecule has 2 aliphatic heterocycles. The molecule has 1 aromatic carbocycles. The lowest BCUT2D eigenvalue weighted by molar-refractivity contribution is -0.137. The van der Waals surface area contributed by atoms with Crippen LogP contribution in [0.5, 0.6) is 0 Å². The lowest BCUT2D eigenvalue weighted by Crippen LogP contribution is -2.48. The second-order valence-corrected chi connectivity index (χ2v) is 9.26. The fourth-order valence-electron chi connectivity index (χ4n) is 4.96. The Bertz CT molecular complexity index is 1100. The standard InChI is InChI=1S/C24H27N3O2S/c1-2-27-20-10-13-30-22(20)14-21(27)24(29)25-11-5-8-19(16-25)23(28)26-12-9-17-6-3-4-7-18(17)15-26/h3-4,6-7,10,13-14,19H,2,5,8-9,11-12,15-16H2,1H3. The van der Waals surface area contributed by atoms with E-state index in [1.807, 2.05) is 21.9 Å². The van der Waals surface area contributed by atoms with Gasteiger partial charge in [0.15, 0.2) is 0 Å². The van der Waals surface area contributed by atoms with Crippen molar-refractivity contribution in [1.29, 1.82) is 0 Å². The van der Waals surface area contributed by atoms with Crippen molar-refractivity contribution in [3.8, 4) is 0 Å². The van der Waals surface area contributed by atoms with E-state index in [4.69, 9.17) is 0 Å². The minimum atomic E-state index is -0.0980. The highest BCUT2D eigenvalue weighted by molar-refractivity contribution is 7.17. The fraction of sp³-hybridized carbons (Fsp3) is 0.417. The molecule has 1 unspecified atom stereocenters. The fourth-order valence-corrected chi connectivity index (χ4v) is 5.78. The quantitative estimate of drug-likeness (QED) is 0.637. The van der Waals surface area contributed by atoms with Gasteiger partial charge in [-0.2, -0.15) is 0 Å². The molecule has 0 aliphatic carbocycles. The topological polar surface area (TPSA) is 45.6 Å². The Kier molecular flexibility index (Phi) is 5.11. The van der Waals surface area contributed by atoms with Gasteiger partial charge in [-0.1, -0.05) is 24.3 Å². The summed E-state index contributed by atoms with van der Waals surface area (Å²) in [6.45, 7) is 5.56. The molecule has 0 spiro atoms. The van der Waals surface area contributed by atoms with Crippen LogP contribution < -0.4 is 0 Å². The van der Waals surface area contributed by atoms with E-state index in [0.29, 0.717) is 13.1 Å². The van der Waals surface area contributed by atoms with Crippen molar-refractivity contribution < 1.29 is 9.59 Å². The first kappa shape index (κ1) is 19.4. The van der Waals surface area contributed by atoms with Crippen molar-refractivity contribution in [3.63, 3.8) is 0 Å². The van der Waals surface area contributed by atoms with E-state index in [-0.39, 0.29) is 17.7 Å². The summed E-state index contributed by atoms with van der Waals surface area (Å²) in [6.07, 6.45) is 2.66. The van der Waals surface area contributed by atoms with Gasteiger partial charge in [0.25, 0.3) is 5.91 Å². The number of benzene rings is 1. The molecule has 0 radical (unpaired) electrons. The van der Waals surface area contributed by atoms with E-state index in [0.717, 1.165) is 54.8 Å². The summed E-state index contributed by atoms with van der Waals surface area (Å²) in [5.41, 5.74) is 4.48. The number of fused-ring (bicyclic) bond motifs is 2. The zero-order valence-electron chi connectivity index (χ0n) is 17.3. The lowest BCUT2D eigenvalue weighted by Gasteiger charge is -2.36. The molecular weight excluding hydrogens is 394 g/mol. The van der Waals surface area contributed by atoms with Crippen molar-refractivity contribution in [2.75, 3.05) is 19.6 Å². The monoisotopic (exact) mass is 421 g/mol. The molecule has 1 atom stereocenters. The maximum absolute atomic E-state index is 13.3. The Morgan fingerprint density at radius 1 is 1.10 bits per heavy atom. The summed E-state index contributed by atoms with van der Waals surface area (Å²) in [7, 11) is 0. The third-order valence-corrected chi connectivity index (χ3v) is 7.41. The minimum Gasteiger partial charge on any atom is -0.338 e. The third-order valence-electron chi connectivity index (χ3n) is 6.56. The molecule has 1 saturated heterocycles. The molecule has 0 bridgehead atoms. The van der Waals surface area contributed by atoms with Crippen LogP contribution in [0.3, 0.4) is 0 Å². The van der Waals surface area contributed by atoms with Crippen LogP contribution in [0.1, 0.15) is 41.4 Å². The molecule has 156 valence electrons. The number of rotatable bonds is 3. The minimum absolute atomic E-state index is 0.0572. The van der Waals surface area contributed by atoms with Crippen LogP contribution >= 0.6 is 11.3 Å². The number of piperidine rings is 1. The molecule has 0 N–H and O–H groups in total. The Balaban J connectivity index is 1.31. The van der Waals surface area contributed by atoms with E-state index in [1.165, 1.54) is 11.1 Å². The van der Waals surface area contributed by atoms with Gasteiger partial charge in [0.1, 0.15) is 5.69 Å². The highest BCUT2D eigenvalue weighted by atomic mass is 32.1. The van der Waals surface area contributed by atoms with Gasteiger partial charge in [-0.15, -0.1) is 11.3 Å². The van der Waals surface area contributed by atoms with Gasteiger partial charge in [0.2, 0.25) is 5.91 Å². The molecule has 5 nitrogen and oxygen atoms in total. The van der Waals surface area contributed by atoms with Gasteiger partial charge in [-0.25, -0.2) is 0 Å². The average Bonchev–Trinajstić information content (AvgIpc) is 3.39. The largest absolute Gasteiger partial charge is 0.338 e.